The number of nitrogens with zero attached hydrogens (tertiary/aromatic N) is 3. The van der Waals surface area contributed by atoms with E-state index < -0.39 is 0 Å². The molecule has 0 amide bonds. The van der Waals surface area contributed by atoms with Crippen LogP contribution < -0.4 is 0 Å². The zero-order valence-electron chi connectivity index (χ0n) is 33.9. The minimum Gasteiger partial charge on any atom is -0.456 e. The van der Waals surface area contributed by atoms with Crippen molar-refractivity contribution in [2.45, 2.75) is 18.8 Å². The Morgan fingerprint density at radius 3 is 1.63 bits per heavy atom. The molecule has 0 fully saturated rings. The van der Waals surface area contributed by atoms with Crippen molar-refractivity contribution in [3.8, 4) is 67.5 Å². The predicted octanol–water partition coefficient (Wildman–Crippen LogP) is 15.0. The number of furan rings is 1. The van der Waals surface area contributed by atoms with Crippen molar-refractivity contribution in [3.63, 3.8) is 0 Å². The Morgan fingerprint density at radius 2 is 0.919 bits per heavy atom. The van der Waals surface area contributed by atoms with E-state index in [0.29, 0.717) is 17.5 Å². The SMILES string of the molecule is c1ccc(-c2cccc(-c3nc(-c4cccc(-c5ccccc5)c4)nc(-c4cc5oc6ccccc6c5cc4C4CCc5cc6ccccc6cc5-c5ccccc54)n3)c2)cc1. The van der Waals surface area contributed by atoms with Gasteiger partial charge < -0.3 is 4.42 Å². The van der Waals surface area contributed by atoms with E-state index in [1.54, 1.807) is 0 Å². The van der Waals surface area contributed by atoms with Gasteiger partial charge in [0.25, 0.3) is 0 Å². The summed E-state index contributed by atoms with van der Waals surface area (Å²) in [6, 6.07) is 73.3. The van der Waals surface area contributed by atoms with Crippen molar-refractivity contribution < 1.29 is 4.42 Å². The van der Waals surface area contributed by atoms with Crippen LogP contribution >= 0.6 is 0 Å². The predicted molar refractivity (Wildman–Crippen MR) is 254 cm³/mol. The quantitative estimate of drug-likeness (QED) is 0.168. The second-order valence-corrected chi connectivity index (χ2v) is 16.3. The van der Waals surface area contributed by atoms with Crippen LogP contribution in [-0.4, -0.2) is 15.0 Å². The van der Waals surface area contributed by atoms with Gasteiger partial charge in [-0.15, -0.1) is 0 Å². The van der Waals surface area contributed by atoms with Crippen LogP contribution in [0.2, 0.25) is 0 Å². The molecule has 2 heterocycles. The van der Waals surface area contributed by atoms with Gasteiger partial charge >= 0.3 is 0 Å². The molecule has 4 heteroatoms. The van der Waals surface area contributed by atoms with E-state index in [0.717, 1.165) is 73.7 Å². The van der Waals surface area contributed by atoms with Gasteiger partial charge in [0.05, 0.1) is 0 Å². The van der Waals surface area contributed by atoms with E-state index in [1.165, 1.54) is 38.6 Å². The van der Waals surface area contributed by atoms with Crippen molar-refractivity contribution >= 4 is 32.7 Å². The monoisotopic (exact) mass is 793 g/mol. The molecule has 9 aromatic carbocycles. The van der Waals surface area contributed by atoms with Crippen molar-refractivity contribution in [2.24, 2.45) is 0 Å². The molecule has 4 nitrogen and oxygen atoms in total. The van der Waals surface area contributed by atoms with Crippen LogP contribution in [0.4, 0.5) is 0 Å². The highest BCUT2D eigenvalue weighted by Crippen LogP contribution is 2.47. The molecule has 2 aromatic heterocycles. The molecule has 1 aliphatic rings. The van der Waals surface area contributed by atoms with Crippen LogP contribution in [0, 0.1) is 0 Å². The Labute approximate surface area is 359 Å². The number of hydrogen-bond donors (Lipinski definition) is 0. The van der Waals surface area contributed by atoms with E-state index in [9.17, 15) is 0 Å². The van der Waals surface area contributed by atoms with Gasteiger partial charge in [-0.25, -0.2) is 15.0 Å². The van der Waals surface area contributed by atoms with Crippen LogP contribution in [0.25, 0.3) is 100 Å². The third-order valence-corrected chi connectivity index (χ3v) is 12.6. The standard InChI is InChI=1S/C58H39N3O/c1-3-15-37(16-4-1)39-21-13-23-44(32-39)56-59-57(45-24-14-22-40(33-45)38-17-5-2-6-18-38)61-58(60-56)53-36-55-52(49-27-11-12-28-54(49)62-55)35-51(53)48-30-29-43-31-41-19-7-8-20-42(41)34-50(43)47-26-10-9-25-46(47)48/h1-28,31-36,48H,29-30H2. The average Bonchev–Trinajstić information content (AvgIpc) is 3.63. The van der Waals surface area contributed by atoms with Crippen LogP contribution in [0.15, 0.2) is 211 Å². The molecule has 0 bridgehead atoms. The zero-order chi connectivity index (χ0) is 41.0. The average molecular weight is 794 g/mol. The second kappa shape index (κ2) is 14.9. The van der Waals surface area contributed by atoms with E-state index in [4.69, 9.17) is 19.4 Å². The molecule has 0 N–H and O–H groups in total. The lowest BCUT2D eigenvalue weighted by Gasteiger charge is -2.22. The Bertz CT molecular complexity index is 3380. The van der Waals surface area contributed by atoms with E-state index in [1.807, 2.05) is 18.2 Å². The first-order valence-electron chi connectivity index (χ1n) is 21.3. The number of para-hydroxylation sites is 1. The number of aromatic nitrogens is 3. The summed E-state index contributed by atoms with van der Waals surface area (Å²) in [5, 5.41) is 4.71. The Morgan fingerprint density at radius 1 is 0.355 bits per heavy atom. The first kappa shape index (κ1) is 35.9. The summed E-state index contributed by atoms with van der Waals surface area (Å²) in [5.41, 5.74) is 15.3. The smallest absolute Gasteiger partial charge is 0.164 e. The highest BCUT2D eigenvalue weighted by atomic mass is 16.3. The number of aryl methyl sites for hydroxylation is 1. The van der Waals surface area contributed by atoms with Gasteiger partial charge in [-0.2, -0.15) is 0 Å². The fraction of sp³-hybridized carbons (Fsp3) is 0.0517. The summed E-state index contributed by atoms with van der Waals surface area (Å²) in [7, 11) is 0. The summed E-state index contributed by atoms with van der Waals surface area (Å²) in [6.07, 6.45) is 1.84. The van der Waals surface area contributed by atoms with Gasteiger partial charge in [-0.1, -0.05) is 170 Å². The van der Waals surface area contributed by atoms with E-state index >= 15 is 0 Å². The summed E-state index contributed by atoms with van der Waals surface area (Å²) in [6.45, 7) is 0. The first-order chi connectivity index (χ1) is 30.7. The molecule has 0 radical (unpaired) electrons. The maximum Gasteiger partial charge on any atom is 0.164 e. The molecule has 0 saturated heterocycles. The lowest BCUT2D eigenvalue weighted by Crippen LogP contribution is -2.07. The van der Waals surface area contributed by atoms with Crippen molar-refractivity contribution in [1.29, 1.82) is 0 Å². The third kappa shape index (κ3) is 6.36. The van der Waals surface area contributed by atoms with E-state index in [-0.39, 0.29) is 5.92 Å². The molecular formula is C58H39N3O. The van der Waals surface area contributed by atoms with Crippen LogP contribution in [0.1, 0.15) is 29.0 Å². The maximum atomic E-state index is 6.63. The summed E-state index contributed by atoms with van der Waals surface area (Å²) in [5.74, 6) is 1.89. The van der Waals surface area contributed by atoms with Gasteiger partial charge in [0.2, 0.25) is 0 Å². The van der Waals surface area contributed by atoms with Gasteiger partial charge in [0.1, 0.15) is 11.2 Å². The summed E-state index contributed by atoms with van der Waals surface area (Å²) >= 11 is 0. The van der Waals surface area contributed by atoms with Crippen molar-refractivity contribution in [1.82, 2.24) is 15.0 Å². The fourth-order valence-corrected chi connectivity index (χ4v) is 9.53. The first-order valence-corrected chi connectivity index (χ1v) is 21.3. The highest BCUT2D eigenvalue weighted by molar-refractivity contribution is 6.06. The minimum absolute atomic E-state index is 0.0428. The normalized spacial score (nSPS) is 13.5. The molecule has 1 aliphatic carbocycles. The molecule has 1 unspecified atom stereocenters. The van der Waals surface area contributed by atoms with Crippen LogP contribution in [0.5, 0.6) is 0 Å². The number of benzene rings is 9. The maximum absolute atomic E-state index is 6.63. The second-order valence-electron chi connectivity index (χ2n) is 16.3. The van der Waals surface area contributed by atoms with Crippen LogP contribution in [-0.2, 0) is 6.42 Å². The van der Waals surface area contributed by atoms with Crippen molar-refractivity contribution in [2.75, 3.05) is 0 Å². The summed E-state index contributed by atoms with van der Waals surface area (Å²) in [4.78, 5) is 16.1. The molecule has 0 spiro atoms. The molecule has 11 aromatic rings. The lowest BCUT2D eigenvalue weighted by atomic mass is 9.82. The Kier molecular flexibility index (Phi) is 8.67. The number of rotatable bonds is 6. The zero-order valence-corrected chi connectivity index (χ0v) is 33.9. The Hall–Kier alpha value is -7.95. The number of fused-ring (bicyclic) bond motifs is 7. The molecular weight excluding hydrogens is 755 g/mol. The topological polar surface area (TPSA) is 51.8 Å². The molecule has 0 aliphatic heterocycles. The lowest BCUT2D eigenvalue weighted by molar-refractivity contribution is 0.668. The summed E-state index contributed by atoms with van der Waals surface area (Å²) < 4.78 is 6.63. The van der Waals surface area contributed by atoms with E-state index in [2.05, 4.69) is 188 Å². The van der Waals surface area contributed by atoms with Crippen molar-refractivity contribution in [3.05, 3.63) is 223 Å². The molecule has 62 heavy (non-hydrogen) atoms. The number of hydrogen-bond acceptors (Lipinski definition) is 4. The Balaban J connectivity index is 1.10. The largest absolute Gasteiger partial charge is 0.456 e. The molecule has 12 rings (SSSR count). The van der Waals surface area contributed by atoms with Crippen LogP contribution in [0.3, 0.4) is 0 Å². The van der Waals surface area contributed by atoms with Gasteiger partial charge in [0.15, 0.2) is 17.5 Å². The molecule has 1 atom stereocenters. The van der Waals surface area contributed by atoms with Gasteiger partial charge in [-0.05, 0) is 110 Å². The third-order valence-electron chi connectivity index (χ3n) is 12.6. The fourth-order valence-electron chi connectivity index (χ4n) is 9.53. The van der Waals surface area contributed by atoms with Gasteiger partial charge in [0, 0.05) is 33.4 Å². The minimum atomic E-state index is 0.0428. The molecule has 0 saturated carbocycles. The molecule has 292 valence electrons. The highest BCUT2D eigenvalue weighted by Gasteiger charge is 2.29. The van der Waals surface area contributed by atoms with Gasteiger partial charge in [-0.3, -0.25) is 0 Å².